The quantitative estimate of drug-likeness (QED) is 0.313. The van der Waals surface area contributed by atoms with E-state index in [-0.39, 0.29) is 5.41 Å². The van der Waals surface area contributed by atoms with Gasteiger partial charge in [0.2, 0.25) is 5.88 Å². The fourth-order valence-corrected chi connectivity index (χ4v) is 4.02. The Labute approximate surface area is 186 Å². The third kappa shape index (κ3) is 3.58. The number of para-hydroxylation sites is 1. The molecule has 32 heavy (non-hydrogen) atoms. The summed E-state index contributed by atoms with van der Waals surface area (Å²) >= 11 is 0. The predicted molar refractivity (Wildman–Crippen MR) is 130 cm³/mol. The summed E-state index contributed by atoms with van der Waals surface area (Å²) in [5.74, 6) is 0.566. The molecule has 0 saturated carbocycles. The average molecular weight is 424 g/mol. The van der Waals surface area contributed by atoms with Crippen molar-refractivity contribution in [2.24, 2.45) is 0 Å². The first kappa shape index (κ1) is 20.1. The van der Waals surface area contributed by atoms with Crippen LogP contribution in [-0.4, -0.2) is 0 Å². The Morgan fingerprint density at radius 2 is 1.50 bits per heavy atom. The molecular formula is C28H25NO3. The monoisotopic (exact) mass is 423 g/mol. The molecular weight excluding hydrogens is 398 g/mol. The van der Waals surface area contributed by atoms with Crippen LogP contribution in [0.15, 0.2) is 92.5 Å². The second-order valence-corrected chi connectivity index (χ2v) is 9.06. The first-order valence-electron chi connectivity index (χ1n) is 10.8. The maximum atomic E-state index is 13.0. The van der Waals surface area contributed by atoms with Gasteiger partial charge in [-0.05, 0) is 34.2 Å². The molecule has 0 saturated heterocycles. The molecule has 4 heteroatoms. The van der Waals surface area contributed by atoms with Crippen LogP contribution in [-0.2, 0) is 12.0 Å². The van der Waals surface area contributed by atoms with E-state index >= 15 is 0 Å². The van der Waals surface area contributed by atoms with E-state index in [1.807, 2.05) is 48.5 Å². The van der Waals surface area contributed by atoms with Gasteiger partial charge in [0.15, 0.2) is 5.58 Å². The number of hydrogen-bond donors (Lipinski definition) is 1. The van der Waals surface area contributed by atoms with Gasteiger partial charge in [-0.3, -0.25) is 0 Å². The third-order valence-corrected chi connectivity index (χ3v) is 5.78. The maximum absolute atomic E-state index is 13.0. The Morgan fingerprint density at radius 3 is 2.22 bits per heavy atom. The van der Waals surface area contributed by atoms with Crippen LogP contribution in [0.25, 0.3) is 33.1 Å². The van der Waals surface area contributed by atoms with Gasteiger partial charge < -0.3 is 14.2 Å². The second kappa shape index (κ2) is 7.72. The van der Waals surface area contributed by atoms with Crippen LogP contribution in [0.2, 0.25) is 0 Å². The average Bonchev–Trinajstić information content (AvgIpc) is 3.18. The molecule has 5 rings (SSSR count). The molecule has 2 aromatic heterocycles. The number of rotatable bonds is 4. The van der Waals surface area contributed by atoms with Gasteiger partial charge in [0.05, 0.1) is 10.9 Å². The van der Waals surface area contributed by atoms with Crippen LogP contribution in [0.5, 0.6) is 0 Å². The summed E-state index contributed by atoms with van der Waals surface area (Å²) < 4.78 is 11.9. The first-order valence-corrected chi connectivity index (χ1v) is 10.8. The fraction of sp³-hybridized carbons (Fsp3) is 0.179. The molecule has 0 spiro atoms. The SMILES string of the molecule is CC(C)(C)c1ccc(-c2c(NCc3ccccc3)oc3c2c(=O)oc2ccccc23)cc1. The van der Waals surface area contributed by atoms with Gasteiger partial charge >= 0.3 is 5.63 Å². The van der Waals surface area contributed by atoms with Crippen molar-refractivity contribution in [3.8, 4) is 11.1 Å². The lowest BCUT2D eigenvalue weighted by molar-refractivity contribution is 0.565. The van der Waals surface area contributed by atoms with Crippen LogP contribution in [0.1, 0.15) is 31.9 Å². The van der Waals surface area contributed by atoms with Crippen LogP contribution in [0.4, 0.5) is 5.88 Å². The van der Waals surface area contributed by atoms with Crippen molar-refractivity contribution >= 4 is 27.8 Å². The molecule has 0 bridgehead atoms. The smallest absolute Gasteiger partial charge is 0.348 e. The van der Waals surface area contributed by atoms with Crippen molar-refractivity contribution in [1.29, 1.82) is 0 Å². The fourth-order valence-electron chi connectivity index (χ4n) is 4.02. The Hall–Kier alpha value is -3.79. The summed E-state index contributed by atoms with van der Waals surface area (Å²) in [6.45, 7) is 7.13. The van der Waals surface area contributed by atoms with E-state index in [4.69, 9.17) is 8.83 Å². The molecule has 0 aliphatic heterocycles. The van der Waals surface area contributed by atoms with Gasteiger partial charge in [0.1, 0.15) is 11.0 Å². The van der Waals surface area contributed by atoms with Crippen LogP contribution in [0, 0.1) is 0 Å². The van der Waals surface area contributed by atoms with E-state index in [0.717, 1.165) is 22.1 Å². The molecule has 0 fully saturated rings. The highest BCUT2D eigenvalue weighted by molar-refractivity contribution is 6.09. The molecule has 4 nitrogen and oxygen atoms in total. The number of fused-ring (bicyclic) bond motifs is 3. The van der Waals surface area contributed by atoms with Gasteiger partial charge in [-0.15, -0.1) is 0 Å². The van der Waals surface area contributed by atoms with Crippen molar-refractivity contribution in [3.63, 3.8) is 0 Å². The highest BCUT2D eigenvalue weighted by atomic mass is 16.4. The zero-order chi connectivity index (χ0) is 22.3. The normalized spacial score (nSPS) is 11.8. The van der Waals surface area contributed by atoms with E-state index < -0.39 is 5.63 Å². The molecule has 0 radical (unpaired) electrons. The van der Waals surface area contributed by atoms with E-state index in [9.17, 15) is 4.79 Å². The second-order valence-electron chi connectivity index (χ2n) is 9.06. The molecule has 2 heterocycles. The third-order valence-electron chi connectivity index (χ3n) is 5.78. The first-order chi connectivity index (χ1) is 15.4. The zero-order valence-corrected chi connectivity index (χ0v) is 18.4. The molecule has 0 amide bonds. The summed E-state index contributed by atoms with van der Waals surface area (Å²) in [4.78, 5) is 13.0. The predicted octanol–water partition coefficient (Wildman–Crippen LogP) is 7.12. The van der Waals surface area contributed by atoms with E-state index in [2.05, 4.69) is 50.4 Å². The van der Waals surface area contributed by atoms with Gasteiger partial charge in [-0.25, -0.2) is 4.79 Å². The summed E-state index contributed by atoms with van der Waals surface area (Å²) in [7, 11) is 0. The summed E-state index contributed by atoms with van der Waals surface area (Å²) in [6, 6.07) is 25.9. The van der Waals surface area contributed by atoms with Crippen LogP contribution in [0.3, 0.4) is 0 Å². The number of anilines is 1. The van der Waals surface area contributed by atoms with Crippen LogP contribution >= 0.6 is 0 Å². The molecule has 3 aromatic carbocycles. The number of benzene rings is 3. The Morgan fingerprint density at radius 1 is 0.812 bits per heavy atom. The van der Waals surface area contributed by atoms with E-state index in [1.54, 1.807) is 6.07 Å². The minimum absolute atomic E-state index is 0.0423. The van der Waals surface area contributed by atoms with Gasteiger partial charge in [0.25, 0.3) is 0 Å². The topological polar surface area (TPSA) is 55.4 Å². The summed E-state index contributed by atoms with van der Waals surface area (Å²) in [5, 5.41) is 4.65. The van der Waals surface area contributed by atoms with Crippen molar-refractivity contribution in [2.45, 2.75) is 32.7 Å². The largest absolute Gasteiger partial charge is 0.439 e. The van der Waals surface area contributed by atoms with Crippen LogP contribution < -0.4 is 10.9 Å². The molecule has 0 atom stereocenters. The molecule has 1 N–H and O–H groups in total. The molecule has 0 aliphatic rings. The summed E-state index contributed by atoms with van der Waals surface area (Å²) in [6.07, 6.45) is 0. The lowest BCUT2D eigenvalue weighted by atomic mass is 9.86. The lowest BCUT2D eigenvalue weighted by Gasteiger charge is -2.19. The van der Waals surface area contributed by atoms with Gasteiger partial charge in [0, 0.05) is 6.54 Å². The highest BCUT2D eigenvalue weighted by Gasteiger charge is 2.23. The number of hydrogen-bond acceptors (Lipinski definition) is 4. The van der Waals surface area contributed by atoms with E-state index in [1.165, 1.54) is 5.56 Å². The highest BCUT2D eigenvalue weighted by Crippen LogP contribution is 2.40. The number of nitrogens with one attached hydrogen (secondary N) is 1. The van der Waals surface area contributed by atoms with Crippen molar-refractivity contribution < 1.29 is 8.83 Å². The zero-order valence-electron chi connectivity index (χ0n) is 18.4. The van der Waals surface area contributed by atoms with Crippen molar-refractivity contribution in [2.75, 3.05) is 5.32 Å². The lowest BCUT2D eigenvalue weighted by Crippen LogP contribution is -2.10. The van der Waals surface area contributed by atoms with Gasteiger partial charge in [-0.2, -0.15) is 0 Å². The van der Waals surface area contributed by atoms with Gasteiger partial charge in [-0.1, -0.05) is 87.5 Å². The summed E-state index contributed by atoms with van der Waals surface area (Å²) in [5.41, 5.74) is 4.70. The minimum Gasteiger partial charge on any atom is -0.439 e. The Kier molecular flexibility index (Phi) is 4.86. The standard InChI is InChI=1S/C28H25NO3/c1-28(2,3)20-15-13-19(14-16-20)23-24-25(21-11-7-8-12-22(21)31-27(24)30)32-26(23)29-17-18-9-5-4-6-10-18/h4-16,29H,17H2,1-3H3. The maximum Gasteiger partial charge on any atom is 0.348 e. The molecule has 0 unspecified atom stereocenters. The van der Waals surface area contributed by atoms with E-state index in [0.29, 0.717) is 29.0 Å². The van der Waals surface area contributed by atoms with Crippen molar-refractivity contribution in [3.05, 3.63) is 100 Å². The van der Waals surface area contributed by atoms with Crippen molar-refractivity contribution in [1.82, 2.24) is 0 Å². The number of furan rings is 1. The Balaban J connectivity index is 1.71. The Bertz CT molecular complexity index is 1450. The molecule has 5 aromatic rings. The molecule has 160 valence electrons. The minimum atomic E-state index is -0.398. The molecule has 0 aliphatic carbocycles.